The fraction of sp³-hybridized carbons (Fsp3) is 0.267. The molecule has 3 rings (SSSR count). The summed E-state index contributed by atoms with van der Waals surface area (Å²) in [4.78, 5) is 13.9. The van der Waals surface area contributed by atoms with Crippen molar-refractivity contribution in [1.29, 1.82) is 0 Å². The van der Waals surface area contributed by atoms with Gasteiger partial charge in [0.1, 0.15) is 0 Å². The third-order valence-electron chi connectivity index (χ3n) is 3.48. The minimum atomic E-state index is 0.210. The van der Waals surface area contributed by atoms with Gasteiger partial charge in [-0.1, -0.05) is 12.1 Å². The molecule has 1 unspecified atom stereocenters. The highest BCUT2D eigenvalue weighted by molar-refractivity contribution is 7.80. The molecular formula is C15H15NOS2. The van der Waals surface area contributed by atoms with E-state index in [2.05, 4.69) is 41.6 Å². The molecule has 1 fully saturated rings. The number of hydrogen-bond donors (Lipinski definition) is 1. The van der Waals surface area contributed by atoms with Gasteiger partial charge in [-0.25, -0.2) is 0 Å². The summed E-state index contributed by atoms with van der Waals surface area (Å²) in [7, 11) is 0. The van der Waals surface area contributed by atoms with Gasteiger partial charge in [0, 0.05) is 18.7 Å². The lowest BCUT2D eigenvalue weighted by molar-refractivity contribution is -0.117. The number of amides is 1. The van der Waals surface area contributed by atoms with Gasteiger partial charge in [-0.15, -0.1) is 0 Å². The van der Waals surface area contributed by atoms with Gasteiger partial charge in [-0.05, 0) is 51.8 Å². The molecule has 0 radical (unpaired) electrons. The SMILES string of the molecule is O=C1CC(CS)CN1c1cccc(-c2ccsc2)c1. The first-order chi connectivity index (χ1) is 9.28. The summed E-state index contributed by atoms with van der Waals surface area (Å²) in [5, 5.41) is 4.20. The molecule has 0 N–H and O–H groups in total. The van der Waals surface area contributed by atoms with E-state index in [0.717, 1.165) is 18.0 Å². The van der Waals surface area contributed by atoms with E-state index in [1.807, 2.05) is 17.0 Å². The molecule has 19 heavy (non-hydrogen) atoms. The Balaban J connectivity index is 1.90. The first-order valence-electron chi connectivity index (χ1n) is 6.32. The van der Waals surface area contributed by atoms with Crippen molar-refractivity contribution in [3.63, 3.8) is 0 Å². The number of thiol groups is 1. The maximum Gasteiger partial charge on any atom is 0.227 e. The predicted octanol–water partition coefficient (Wildman–Crippen LogP) is 3.70. The average Bonchev–Trinajstić information content (AvgIpc) is 3.08. The average molecular weight is 289 g/mol. The molecule has 1 aliphatic rings. The number of benzene rings is 1. The van der Waals surface area contributed by atoms with Crippen LogP contribution in [0.3, 0.4) is 0 Å². The van der Waals surface area contributed by atoms with E-state index < -0.39 is 0 Å². The maximum absolute atomic E-state index is 12.0. The van der Waals surface area contributed by atoms with Crippen molar-refractivity contribution < 1.29 is 4.79 Å². The third-order valence-corrected chi connectivity index (χ3v) is 4.68. The minimum Gasteiger partial charge on any atom is -0.312 e. The van der Waals surface area contributed by atoms with Crippen molar-refractivity contribution in [2.75, 3.05) is 17.2 Å². The molecule has 2 aromatic rings. The van der Waals surface area contributed by atoms with Gasteiger partial charge in [0.05, 0.1) is 0 Å². The van der Waals surface area contributed by atoms with E-state index in [9.17, 15) is 4.79 Å². The van der Waals surface area contributed by atoms with Gasteiger partial charge in [-0.3, -0.25) is 4.79 Å². The van der Waals surface area contributed by atoms with E-state index in [1.54, 1.807) is 11.3 Å². The summed E-state index contributed by atoms with van der Waals surface area (Å²) in [6.07, 6.45) is 0.617. The topological polar surface area (TPSA) is 20.3 Å². The Morgan fingerprint density at radius 3 is 2.89 bits per heavy atom. The lowest BCUT2D eigenvalue weighted by atomic mass is 10.1. The lowest BCUT2D eigenvalue weighted by Crippen LogP contribution is -2.24. The fourth-order valence-corrected chi connectivity index (χ4v) is 3.35. The zero-order valence-corrected chi connectivity index (χ0v) is 12.2. The standard InChI is InChI=1S/C15H15NOS2/c17-15-6-11(9-18)8-16(15)14-3-1-2-12(7-14)13-4-5-19-10-13/h1-5,7,10-11,18H,6,8-9H2. The van der Waals surface area contributed by atoms with Crippen LogP contribution in [0, 0.1) is 5.92 Å². The van der Waals surface area contributed by atoms with E-state index >= 15 is 0 Å². The number of carbonyl (C=O) groups is 1. The fourth-order valence-electron chi connectivity index (χ4n) is 2.44. The minimum absolute atomic E-state index is 0.210. The predicted molar refractivity (Wildman–Crippen MR) is 84.1 cm³/mol. The normalized spacial score (nSPS) is 19.1. The van der Waals surface area contributed by atoms with Gasteiger partial charge in [0.25, 0.3) is 0 Å². The summed E-state index contributed by atoms with van der Waals surface area (Å²) in [5.41, 5.74) is 3.38. The van der Waals surface area contributed by atoms with Crippen molar-refractivity contribution >= 4 is 35.6 Å². The van der Waals surface area contributed by atoms with Gasteiger partial charge in [0.15, 0.2) is 0 Å². The zero-order chi connectivity index (χ0) is 13.2. The van der Waals surface area contributed by atoms with Crippen LogP contribution in [0.2, 0.25) is 0 Å². The smallest absolute Gasteiger partial charge is 0.227 e. The largest absolute Gasteiger partial charge is 0.312 e. The Hall–Kier alpha value is -1.26. The molecule has 1 saturated heterocycles. The molecule has 1 amide bonds. The van der Waals surface area contributed by atoms with E-state index in [-0.39, 0.29) is 5.91 Å². The van der Waals surface area contributed by atoms with Crippen molar-refractivity contribution in [1.82, 2.24) is 0 Å². The number of thiophene rings is 1. The zero-order valence-electron chi connectivity index (χ0n) is 10.5. The molecule has 1 atom stereocenters. The summed E-state index contributed by atoms with van der Waals surface area (Å²) in [6, 6.07) is 10.3. The van der Waals surface area contributed by atoms with Crippen LogP contribution in [0.5, 0.6) is 0 Å². The highest BCUT2D eigenvalue weighted by atomic mass is 32.1. The molecule has 0 spiro atoms. The Morgan fingerprint density at radius 1 is 1.32 bits per heavy atom. The molecule has 1 aliphatic heterocycles. The second-order valence-corrected chi connectivity index (χ2v) is 5.96. The van der Waals surface area contributed by atoms with Crippen LogP contribution in [-0.2, 0) is 4.79 Å². The van der Waals surface area contributed by atoms with Crippen molar-refractivity contribution in [3.05, 3.63) is 41.1 Å². The Kier molecular flexibility index (Phi) is 3.62. The number of rotatable bonds is 3. The second kappa shape index (κ2) is 5.39. The molecule has 1 aromatic heterocycles. The van der Waals surface area contributed by atoms with Crippen LogP contribution in [0.25, 0.3) is 11.1 Å². The number of nitrogens with zero attached hydrogens (tertiary/aromatic N) is 1. The molecule has 2 heterocycles. The van der Waals surface area contributed by atoms with E-state index in [1.165, 1.54) is 11.1 Å². The first-order valence-corrected chi connectivity index (χ1v) is 7.89. The van der Waals surface area contributed by atoms with Crippen molar-refractivity contribution in [2.45, 2.75) is 6.42 Å². The number of anilines is 1. The Labute approximate surface area is 122 Å². The highest BCUT2D eigenvalue weighted by Crippen LogP contribution is 2.30. The van der Waals surface area contributed by atoms with Crippen molar-refractivity contribution in [2.24, 2.45) is 5.92 Å². The van der Waals surface area contributed by atoms with Gasteiger partial charge in [-0.2, -0.15) is 24.0 Å². The first kappa shape index (κ1) is 12.8. The summed E-state index contributed by atoms with van der Waals surface area (Å²) in [5.74, 6) is 1.36. The van der Waals surface area contributed by atoms with E-state index in [4.69, 9.17) is 0 Å². The molecule has 0 aliphatic carbocycles. The monoisotopic (exact) mass is 289 g/mol. The highest BCUT2D eigenvalue weighted by Gasteiger charge is 2.29. The maximum atomic E-state index is 12.0. The lowest BCUT2D eigenvalue weighted by Gasteiger charge is -2.17. The second-order valence-electron chi connectivity index (χ2n) is 4.82. The van der Waals surface area contributed by atoms with E-state index in [0.29, 0.717) is 12.3 Å². The van der Waals surface area contributed by atoms with Crippen LogP contribution >= 0.6 is 24.0 Å². The van der Waals surface area contributed by atoms with Crippen LogP contribution in [0.4, 0.5) is 5.69 Å². The molecular weight excluding hydrogens is 274 g/mol. The molecule has 1 aromatic carbocycles. The molecule has 4 heteroatoms. The van der Waals surface area contributed by atoms with Gasteiger partial charge < -0.3 is 4.90 Å². The van der Waals surface area contributed by atoms with Crippen molar-refractivity contribution in [3.8, 4) is 11.1 Å². The van der Waals surface area contributed by atoms with Gasteiger partial charge in [0.2, 0.25) is 5.91 Å². The molecule has 0 bridgehead atoms. The van der Waals surface area contributed by atoms with Crippen LogP contribution in [-0.4, -0.2) is 18.2 Å². The molecule has 2 nitrogen and oxygen atoms in total. The molecule has 0 saturated carbocycles. The molecule has 98 valence electrons. The summed E-state index contributed by atoms with van der Waals surface area (Å²) in [6.45, 7) is 0.787. The van der Waals surface area contributed by atoms with Crippen LogP contribution in [0.15, 0.2) is 41.1 Å². The summed E-state index contributed by atoms with van der Waals surface area (Å²) < 4.78 is 0. The quantitative estimate of drug-likeness (QED) is 0.854. The van der Waals surface area contributed by atoms with Crippen LogP contribution in [0.1, 0.15) is 6.42 Å². The third kappa shape index (κ3) is 2.55. The number of carbonyl (C=O) groups excluding carboxylic acids is 1. The van der Waals surface area contributed by atoms with Crippen LogP contribution < -0.4 is 4.90 Å². The van der Waals surface area contributed by atoms with Gasteiger partial charge >= 0.3 is 0 Å². The Morgan fingerprint density at radius 2 is 2.21 bits per heavy atom. The Bertz CT molecular complexity index is 580. The summed E-state index contributed by atoms with van der Waals surface area (Å²) >= 11 is 5.99. The number of hydrogen-bond acceptors (Lipinski definition) is 3.